The van der Waals surface area contributed by atoms with E-state index in [2.05, 4.69) is 5.48 Å². The van der Waals surface area contributed by atoms with Crippen molar-refractivity contribution in [2.75, 3.05) is 17.8 Å². The number of anilines is 2. The van der Waals surface area contributed by atoms with E-state index in [1.807, 2.05) is 0 Å². The van der Waals surface area contributed by atoms with Crippen LogP contribution in [0.1, 0.15) is 0 Å². The Labute approximate surface area is 75.7 Å². The van der Waals surface area contributed by atoms with Crippen LogP contribution >= 0.6 is 0 Å². The highest BCUT2D eigenvalue weighted by Crippen LogP contribution is 2.11. The van der Waals surface area contributed by atoms with Gasteiger partial charge < -0.3 is 15.9 Å². The molecule has 0 aliphatic carbocycles. The number of benzene rings is 1. The van der Waals surface area contributed by atoms with Crippen LogP contribution in [-0.4, -0.2) is 23.1 Å². The maximum atomic E-state index is 8.45. The summed E-state index contributed by atoms with van der Waals surface area (Å²) in [5.41, 5.74) is 9.29. The maximum Gasteiger partial charge on any atom is 0.178 e. The van der Waals surface area contributed by atoms with Gasteiger partial charge >= 0.3 is 0 Å². The Bertz CT molecular complexity index is 265. The van der Waals surface area contributed by atoms with E-state index in [-0.39, 0.29) is 6.61 Å². The Kier molecular flexibility index (Phi) is 3.51. The van der Waals surface area contributed by atoms with Gasteiger partial charge in [0.25, 0.3) is 0 Å². The predicted molar refractivity (Wildman–Crippen MR) is 48.7 cm³/mol. The van der Waals surface area contributed by atoms with Crippen molar-refractivity contribution >= 4 is 11.4 Å². The number of hydrogen-bond donors (Lipinski definition) is 4. The first-order chi connectivity index (χ1) is 6.18. The summed E-state index contributed by atoms with van der Waals surface area (Å²) >= 11 is 0. The highest BCUT2D eigenvalue weighted by Gasteiger charge is 1.97. The molecule has 0 atom stereocenters. The average molecular weight is 184 g/mol. The second-order valence-corrected chi connectivity index (χ2v) is 2.52. The van der Waals surface area contributed by atoms with E-state index in [9.17, 15) is 0 Å². The summed E-state index contributed by atoms with van der Waals surface area (Å²) in [7, 11) is 0. The summed E-state index contributed by atoms with van der Waals surface area (Å²) in [5.74, 6) is 0. The minimum atomic E-state index is -1.48. The van der Waals surface area contributed by atoms with Gasteiger partial charge in [-0.05, 0) is 18.2 Å². The van der Waals surface area contributed by atoms with Crippen molar-refractivity contribution in [3.8, 4) is 0 Å². The first-order valence-corrected chi connectivity index (χ1v) is 3.78. The Morgan fingerprint density at radius 1 is 1.46 bits per heavy atom. The second kappa shape index (κ2) is 4.66. The van der Waals surface area contributed by atoms with Crippen LogP contribution in [0.3, 0.4) is 0 Å². The van der Waals surface area contributed by atoms with E-state index in [1.165, 1.54) is 0 Å². The number of aliphatic hydroxyl groups is 2. The van der Waals surface area contributed by atoms with Crippen LogP contribution in [0.25, 0.3) is 0 Å². The molecule has 5 nitrogen and oxygen atoms in total. The van der Waals surface area contributed by atoms with E-state index in [4.69, 9.17) is 20.8 Å². The third-order valence-corrected chi connectivity index (χ3v) is 1.31. The molecule has 72 valence electrons. The van der Waals surface area contributed by atoms with Crippen LogP contribution in [0.2, 0.25) is 0 Å². The highest BCUT2D eigenvalue weighted by molar-refractivity contribution is 5.52. The average Bonchev–Trinajstić information content (AvgIpc) is 2.03. The monoisotopic (exact) mass is 184 g/mol. The lowest BCUT2D eigenvalue weighted by Gasteiger charge is -2.07. The summed E-state index contributed by atoms with van der Waals surface area (Å²) in [6, 6.07) is 6.92. The number of aliphatic hydroxyl groups excluding tert-OH is 1. The molecule has 0 aliphatic rings. The van der Waals surface area contributed by atoms with Crippen molar-refractivity contribution < 1.29 is 15.1 Å². The molecular weight excluding hydrogens is 172 g/mol. The minimum absolute atomic E-state index is 0.200. The van der Waals surface area contributed by atoms with Gasteiger partial charge in [0.1, 0.15) is 6.61 Å². The van der Waals surface area contributed by atoms with Crippen LogP contribution in [0.15, 0.2) is 24.3 Å². The lowest BCUT2D eigenvalue weighted by molar-refractivity contribution is -0.0853. The number of rotatable bonds is 4. The SMILES string of the molecule is Nc1cccc(NOCC(O)O)c1. The molecule has 1 aromatic rings. The number of nitrogen functional groups attached to an aromatic ring is 1. The number of nitrogens with one attached hydrogen (secondary N) is 1. The molecule has 0 heterocycles. The third-order valence-electron chi connectivity index (χ3n) is 1.31. The molecule has 0 bridgehead atoms. The molecule has 1 rings (SSSR count). The summed E-state index contributed by atoms with van der Waals surface area (Å²) in [6.07, 6.45) is -1.48. The van der Waals surface area contributed by atoms with Gasteiger partial charge in [-0.1, -0.05) is 6.07 Å². The first-order valence-electron chi connectivity index (χ1n) is 3.78. The molecule has 0 unspecified atom stereocenters. The summed E-state index contributed by atoms with van der Waals surface area (Å²) < 4.78 is 0. The van der Waals surface area contributed by atoms with Crippen LogP contribution in [-0.2, 0) is 4.84 Å². The van der Waals surface area contributed by atoms with E-state index in [0.29, 0.717) is 11.4 Å². The van der Waals surface area contributed by atoms with E-state index in [1.54, 1.807) is 24.3 Å². The van der Waals surface area contributed by atoms with Crippen molar-refractivity contribution in [1.82, 2.24) is 0 Å². The second-order valence-electron chi connectivity index (χ2n) is 2.52. The van der Waals surface area contributed by atoms with E-state index >= 15 is 0 Å². The third kappa shape index (κ3) is 3.75. The van der Waals surface area contributed by atoms with Gasteiger partial charge in [-0.3, -0.25) is 10.3 Å². The Morgan fingerprint density at radius 2 is 2.23 bits per heavy atom. The highest BCUT2D eigenvalue weighted by atomic mass is 16.7. The van der Waals surface area contributed by atoms with Gasteiger partial charge in [-0.15, -0.1) is 0 Å². The molecule has 0 amide bonds. The summed E-state index contributed by atoms with van der Waals surface area (Å²) in [4.78, 5) is 4.73. The van der Waals surface area contributed by atoms with Crippen molar-refractivity contribution in [2.24, 2.45) is 0 Å². The van der Waals surface area contributed by atoms with Gasteiger partial charge in [0.2, 0.25) is 0 Å². The van der Waals surface area contributed by atoms with Crippen molar-refractivity contribution in [3.05, 3.63) is 24.3 Å². The number of nitrogens with two attached hydrogens (primary N) is 1. The largest absolute Gasteiger partial charge is 0.399 e. The molecule has 0 spiro atoms. The lowest BCUT2D eigenvalue weighted by Crippen LogP contribution is -2.16. The predicted octanol–water partition coefficient (Wildman–Crippen LogP) is -0.0770. The van der Waals surface area contributed by atoms with Crippen LogP contribution in [0.5, 0.6) is 0 Å². The van der Waals surface area contributed by atoms with E-state index in [0.717, 1.165) is 0 Å². The zero-order chi connectivity index (χ0) is 9.68. The zero-order valence-corrected chi connectivity index (χ0v) is 6.97. The molecule has 0 saturated heterocycles. The Balaban J connectivity index is 2.37. The standard InChI is InChI=1S/C8H12N2O3/c9-6-2-1-3-7(4-6)10-13-5-8(11)12/h1-4,8,10-12H,5,9H2. The molecule has 0 saturated carbocycles. The molecule has 5 heteroatoms. The molecule has 13 heavy (non-hydrogen) atoms. The molecule has 0 fully saturated rings. The van der Waals surface area contributed by atoms with Gasteiger partial charge in [0.05, 0.1) is 5.69 Å². The van der Waals surface area contributed by atoms with Gasteiger partial charge in [-0.25, -0.2) is 0 Å². The van der Waals surface area contributed by atoms with Gasteiger partial charge in [0, 0.05) is 5.69 Å². The van der Waals surface area contributed by atoms with Crippen LogP contribution in [0.4, 0.5) is 11.4 Å². The van der Waals surface area contributed by atoms with Crippen molar-refractivity contribution in [3.63, 3.8) is 0 Å². The quantitative estimate of drug-likeness (QED) is 0.299. The van der Waals surface area contributed by atoms with Crippen molar-refractivity contribution in [2.45, 2.75) is 6.29 Å². The Morgan fingerprint density at radius 3 is 2.85 bits per heavy atom. The number of hydrogen-bond acceptors (Lipinski definition) is 5. The molecule has 1 aromatic carbocycles. The normalized spacial score (nSPS) is 10.4. The molecule has 5 N–H and O–H groups in total. The Hall–Kier alpha value is -1.30. The lowest BCUT2D eigenvalue weighted by atomic mass is 10.3. The fourth-order valence-electron chi connectivity index (χ4n) is 0.802. The van der Waals surface area contributed by atoms with Crippen LogP contribution < -0.4 is 11.2 Å². The molecule has 0 aliphatic heterocycles. The zero-order valence-electron chi connectivity index (χ0n) is 6.97. The smallest absolute Gasteiger partial charge is 0.178 e. The topological polar surface area (TPSA) is 87.7 Å². The van der Waals surface area contributed by atoms with Gasteiger partial charge in [-0.2, -0.15) is 0 Å². The van der Waals surface area contributed by atoms with Crippen molar-refractivity contribution in [1.29, 1.82) is 0 Å². The maximum absolute atomic E-state index is 8.45. The fraction of sp³-hybridized carbons (Fsp3) is 0.250. The summed E-state index contributed by atoms with van der Waals surface area (Å²) in [6.45, 7) is -0.200. The molecule has 0 aromatic heterocycles. The summed E-state index contributed by atoms with van der Waals surface area (Å²) in [5, 5.41) is 16.9. The molecular formula is C8H12N2O3. The molecule has 0 radical (unpaired) electrons. The van der Waals surface area contributed by atoms with Crippen LogP contribution in [0, 0.1) is 0 Å². The van der Waals surface area contributed by atoms with Gasteiger partial charge in [0.15, 0.2) is 6.29 Å². The van der Waals surface area contributed by atoms with E-state index < -0.39 is 6.29 Å². The first kappa shape index (κ1) is 9.79. The fourth-order valence-corrected chi connectivity index (χ4v) is 0.802. The minimum Gasteiger partial charge on any atom is -0.399 e.